The molecular weight excluding hydrogens is 348 g/mol. The molecule has 0 aromatic carbocycles. The van der Waals surface area contributed by atoms with Gasteiger partial charge in [0.2, 0.25) is 0 Å². The van der Waals surface area contributed by atoms with E-state index in [1.165, 1.54) is 19.0 Å². The van der Waals surface area contributed by atoms with Crippen LogP contribution in [0.25, 0.3) is 0 Å². The van der Waals surface area contributed by atoms with Gasteiger partial charge in [0.1, 0.15) is 6.04 Å². The van der Waals surface area contributed by atoms with Crippen molar-refractivity contribution in [1.29, 1.82) is 0 Å². The number of hydrogen-bond acceptors (Lipinski definition) is 7. The summed E-state index contributed by atoms with van der Waals surface area (Å²) in [5, 5.41) is 0.541. The van der Waals surface area contributed by atoms with Crippen LogP contribution in [0.2, 0.25) is 0 Å². The first kappa shape index (κ1) is 18.4. The van der Waals surface area contributed by atoms with Gasteiger partial charge in [-0.15, -0.1) is 4.28 Å². The van der Waals surface area contributed by atoms with Crippen LogP contribution in [0.5, 0.6) is 0 Å². The molecule has 2 heterocycles. The van der Waals surface area contributed by atoms with Gasteiger partial charge in [-0.2, -0.15) is 13.5 Å². The molecule has 2 fully saturated rings. The van der Waals surface area contributed by atoms with Gasteiger partial charge in [0, 0.05) is 20.6 Å². The zero-order valence-electron chi connectivity index (χ0n) is 13.0. The van der Waals surface area contributed by atoms with E-state index in [0.717, 1.165) is 4.90 Å². The maximum Gasteiger partial charge on any atom is 0.418 e. The van der Waals surface area contributed by atoms with E-state index in [0.29, 0.717) is 11.5 Å². The summed E-state index contributed by atoms with van der Waals surface area (Å²) in [6.07, 6.45) is 0.547. The van der Waals surface area contributed by atoms with E-state index < -0.39 is 34.4 Å². The lowest BCUT2D eigenvalue weighted by Gasteiger charge is -2.28. The Balaban J connectivity index is 1.93. The molecule has 12 nitrogen and oxygen atoms in total. The van der Waals surface area contributed by atoms with Crippen LogP contribution in [-0.4, -0.2) is 85.0 Å². The standard InChI is InChI=1S/C11H18N4O8S/c1-13(2)9(16)6-22-12-10(17)8-4-3-7-5-14(8)11(18)15(7)23-24(19,20)21/h7-8H,3-6H2,1-2H3,(H,12,17)(H,19,20,21). The van der Waals surface area contributed by atoms with E-state index in [1.807, 2.05) is 0 Å². The fourth-order valence-electron chi connectivity index (χ4n) is 2.47. The summed E-state index contributed by atoms with van der Waals surface area (Å²) in [7, 11) is -1.78. The van der Waals surface area contributed by atoms with Crippen molar-refractivity contribution in [2.24, 2.45) is 0 Å². The van der Waals surface area contributed by atoms with E-state index >= 15 is 0 Å². The van der Waals surface area contributed by atoms with Gasteiger partial charge >= 0.3 is 16.4 Å². The number of rotatable bonds is 6. The molecule has 2 saturated heterocycles. The number of nitrogens with one attached hydrogen (secondary N) is 1. The van der Waals surface area contributed by atoms with E-state index in [4.69, 9.17) is 9.39 Å². The number of nitrogens with zero attached hydrogens (tertiary/aromatic N) is 3. The molecule has 24 heavy (non-hydrogen) atoms. The Hall–Kier alpha value is -1.96. The Morgan fingerprint density at radius 1 is 1.38 bits per heavy atom. The second-order valence-electron chi connectivity index (χ2n) is 5.55. The molecule has 2 bridgehead atoms. The fraction of sp³-hybridized carbons (Fsp3) is 0.727. The number of likely N-dealkylation sites (N-methyl/N-ethyl adjacent to an activating group) is 1. The molecule has 4 amide bonds. The van der Waals surface area contributed by atoms with Gasteiger partial charge < -0.3 is 9.80 Å². The Morgan fingerprint density at radius 2 is 2.04 bits per heavy atom. The third-order valence-corrected chi connectivity index (χ3v) is 4.02. The smallest absolute Gasteiger partial charge is 0.347 e. The molecule has 0 aromatic heterocycles. The molecule has 2 rings (SSSR count). The molecular formula is C11H18N4O8S. The minimum Gasteiger partial charge on any atom is -0.347 e. The second kappa shape index (κ2) is 6.88. The number of fused-ring (bicyclic) bond motifs is 2. The first-order valence-corrected chi connectivity index (χ1v) is 8.35. The Bertz CT molecular complexity index is 636. The average Bonchev–Trinajstić information content (AvgIpc) is 2.70. The maximum absolute atomic E-state index is 12.1. The molecule has 0 aromatic rings. The molecule has 0 radical (unpaired) electrons. The van der Waals surface area contributed by atoms with Crippen LogP contribution >= 0.6 is 0 Å². The lowest BCUT2D eigenvalue weighted by Crippen LogP contribution is -2.50. The van der Waals surface area contributed by atoms with Gasteiger partial charge in [-0.1, -0.05) is 0 Å². The Labute approximate surface area is 138 Å². The predicted molar refractivity (Wildman–Crippen MR) is 76.2 cm³/mol. The Kier molecular flexibility index (Phi) is 5.27. The first-order chi connectivity index (χ1) is 11.1. The highest BCUT2D eigenvalue weighted by Gasteiger charge is 2.49. The summed E-state index contributed by atoms with van der Waals surface area (Å²) in [6, 6.07) is -2.32. The molecule has 2 unspecified atom stereocenters. The molecule has 0 aliphatic carbocycles. The van der Waals surface area contributed by atoms with Crippen molar-refractivity contribution >= 4 is 28.2 Å². The van der Waals surface area contributed by atoms with E-state index in [2.05, 4.69) is 9.76 Å². The monoisotopic (exact) mass is 366 g/mol. The van der Waals surface area contributed by atoms with Crippen LogP contribution in [0.15, 0.2) is 0 Å². The van der Waals surface area contributed by atoms with Crippen LogP contribution in [0.1, 0.15) is 12.8 Å². The number of amides is 4. The normalized spacial score (nSPS) is 23.4. The predicted octanol–water partition coefficient (Wildman–Crippen LogP) is -1.87. The zero-order chi connectivity index (χ0) is 18.1. The minimum atomic E-state index is -4.84. The summed E-state index contributed by atoms with van der Waals surface area (Å²) in [5.74, 6) is -0.994. The lowest BCUT2D eigenvalue weighted by molar-refractivity contribution is -0.146. The molecule has 2 aliphatic rings. The van der Waals surface area contributed by atoms with Crippen molar-refractivity contribution in [2.45, 2.75) is 24.9 Å². The van der Waals surface area contributed by atoms with E-state index in [-0.39, 0.29) is 25.5 Å². The Morgan fingerprint density at radius 3 is 2.62 bits per heavy atom. The molecule has 2 N–H and O–H groups in total. The van der Waals surface area contributed by atoms with Crippen molar-refractivity contribution in [3.8, 4) is 0 Å². The largest absolute Gasteiger partial charge is 0.418 e. The third-order valence-electron chi connectivity index (χ3n) is 3.67. The third kappa shape index (κ3) is 4.11. The van der Waals surface area contributed by atoms with Gasteiger partial charge in [-0.05, 0) is 12.8 Å². The van der Waals surface area contributed by atoms with Crippen molar-refractivity contribution in [3.05, 3.63) is 0 Å². The van der Waals surface area contributed by atoms with Gasteiger partial charge in [0.15, 0.2) is 6.61 Å². The summed E-state index contributed by atoms with van der Waals surface area (Å²) in [5.41, 5.74) is 2.10. The zero-order valence-corrected chi connectivity index (χ0v) is 13.9. The molecule has 13 heteroatoms. The van der Waals surface area contributed by atoms with Crippen LogP contribution in [0.3, 0.4) is 0 Å². The summed E-state index contributed by atoms with van der Waals surface area (Å²) in [4.78, 5) is 42.8. The highest BCUT2D eigenvalue weighted by Crippen LogP contribution is 2.30. The number of hydroxylamine groups is 3. The maximum atomic E-state index is 12.1. The molecule has 136 valence electrons. The van der Waals surface area contributed by atoms with Gasteiger partial charge in [-0.3, -0.25) is 19.0 Å². The summed E-state index contributed by atoms with van der Waals surface area (Å²) in [6.45, 7) is -0.289. The van der Waals surface area contributed by atoms with E-state index in [9.17, 15) is 22.8 Å². The van der Waals surface area contributed by atoms with Gasteiger partial charge in [0.25, 0.3) is 11.8 Å². The number of urea groups is 1. The first-order valence-electron chi connectivity index (χ1n) is 6.99. The highest BCUT2D eigenvalue weighted by atomic mass is 32.3. The van der Waals surface area contributed by atoms with Crippen molar-refractivity contribution in [1.82, 2.24) is 20.3 Å². The molecule has 0 saturated carbocycles. The molecule has 2 atom stereocenters. The number of carbonyl (C=O) groups is 3. The number of hydrogen-bond donors (Lipinski definition) is 2. The SMILES string of the molecule is CN(C)C(=O)CONC(=O)C1CCC2CN1C(=O)N2OS(=O)(=O)O. The quantitative estimate of drug-likeness (QED) is 0.410. The van der Waals surface area contributed by atoms with Crippen molar-refractivity contribution in [3.63, 3.8) is 0 Å². The fourth-order valence-corrected chi connectivity index (χ4v) is 2.86. The summed E-state index contributed by atoms with van der Waals surface area (Å²) >= 11 is 0. The molecule has 2 aliphatic heterocycles. The molecule has 0 spiro atoms. The van der Waals surface area contributed by atoms with Crippen molar-refractivity contribution in [2.75, 3.05) is 27.2 Å². The second-order valence-corrected chi connectivity index (χ2v) is 6.56. The highest BCUT2D eigenvalue weighted by molar-refractivity contribution is 7.80. The number of carbonyl (C=O) groups excluding carboxylic acids is 3. The van der Waals surface area contributed by atoms with Crippen LogP contribution in [0.4, 0.5) is 4.79 Å². The average molecular weight is 366 g/mol. The van der Waals surface area contributed by atoms with Crippen LogP contribution < -0.4 is 5.48 Å². The minimum absolute atomic E-state index is 0.0725. The number of piperidine rings is 1. The van der Waals surface area contributed by atoms with E-state index in [1.54, 1.807) is 0 Å². The summed E-state index contributed by atoms with van der Waals surface area (Å²) < 4.78 is 34.5. The van der Waals surface area contributed by atoms with Gasteiger partial charge in [-0.25, -0.2) is 10.3 Å². The van der Waals surface area contributed by atoms with Crippen LogP contribution in [-0.2, 0) is 29.1 Å². The van der Waals surface area contributed by atoms with Crippen molar-refractivity contribution < 1.29 is 36.5 Å². The topological polar surface area (TPSA) is 146 Å². The lowest BCUT2D eigenvalue weighted by atomic mass is 10.0. The van der Waals surface area contributed by atoms with Crippen LogP contribution in [0, 0.1) is 0 Å². The van der Waals surface area contributed by atoms with Gasteiger partial charge in [0.05, 0.1) is 6.04 Å².